The van der Waals surface area contributed by atoms with Crippen LogP contribution in [0.15, 0.2) is 29.4 Å². The lowest BCUT2D eigenvalue weighted by Crippen LogP contribution is -2.00. The molecular formula is C12H15N5O2. The first-order valence-electron chi connectivity index (χ1n) is 5.79. The molecule has 1 heterocycles. The fourth-order valence-electron chi connectivity index (χ4n) is 1.56. The van der Waals surface area contributed by atoms with E-state index in [0.29, 0.717) is 18.0 Å². The standard InChI is InChI=1S/C12H15N5O2/c1-9(15-18)7-10-3-5-11(6-4-10)19-8-12-13-16-17(2)14-12/h3-6,18H,7-8H2,1-2H3/b15-9-. The van der Waals surface area contributed by atoms with Crippen LogP contribution in [0.1, 0.15) is 18.3 Å². The molecule has 0 radical (unpaired) electrons. The van der Waals surface area contributed by atoms with Crippen LogP contribution in [0.2, 0.25) is 0 Å². The van der Waals surface area contributed by atoms with Gasteiger partial charge in [-0.05, 0) is 29.8 Å². The van der Waals surface area contributed by atoms with Gasteiger partial charge < -0.3 is 9.94 Å². The molecule has 100 valence electrons. The Balaban J connectivity index is 1.91. The zero-order chi connectivity index (χ0) is 13.7. The van der Waals surface area contributed by atoms with Gasteiger partial charge in [-0.25, -0.2) is 0 Å². The van der Waals surface area contributed by atoms with Gasteiger partial charge in [-0.3, -0.25) is 0 Å². The van der Waals surface area contributed by atoms with E-state index >= 15 is 0 Å². The molecule has 1 aromatic carbocycles. The second kappa shape index (κ2) is 5.94. The summed E-state index contributed by atoms with van der Waals surface area (Å²) in [7, 11) is 1.70. The highest BCUT2D eigenvalue weighted by atomic mass is 16.5. The Bertz CT molecular complexity index is 562. The van der Waals surface area contributed by atoms with Gasteiger partial charge in [-0.2, -0.15) is 4.80 Å². The van der Waals surface area contributed by atoms with Crippen LogP contribution in [-0.4, -0.2) is 31.1 Å². The molecule has 2 rings (SSSR count). The lowest BCUT2D eigenvalue weighted by atomic mass is 10.1. The summed E-state index contributed by atoms with van der Waals surface area (Å²) in [4.78, 5) is 1.39. The molecule has 7 heteroatoms. The number of aromatic nitrogens is 4. The zero-order valence-electron chi connectivity index (χ0n) is 10.8. The van der Waals surface area contributed by atoms with Gasteiger partial charge in [-0.1, -0.05) is 17.3 Å². The summed E-state index contributed by atoms with van der Waals surface area (Å²) >= 11 is 0. The smallest absolute Gasteiger partial charge is 0.212 e. The van der Waals surface area contributed by atoms with E-state index in [1.54, 1.807) is 14.0 Å². The van der Waals surface area contributed by atoms with E-state index in [4.69, 9.17) is 9.94 Å². The van der Waals surface area contributed by atoms with E-state index in [2.05, 4.69) is 20.6 Å². The highest BCUT2D eigenvalue weighted by Crippen LogP contribution is 2.14. The Morgan fingerprint density at radius 2 is 2.11 bits per heavy atom. The number of benzene rings is 1. The fraction of sp³-hybridized carbons (Fsp3) is 0.333. The molecule has 0 fully saturated rings. The number of hydrogen-bond donors (Lipinski definition) is 1. The molecule has 0 bridgehead atoms. The van der Waals surface area contributed by atoms with E-state index in [-0.39, 0.29) is 6.61 Å². The summed E-state index contributed by atoms with van der Waals surface area (Å²) in [5.74, 6) is 1.27. The summed E-state index contributed by atoms with van der Waals surface area (Å²) in [6.07, 6.45) is 0.614. The van der Waals surface area contributed by atoms with Crippen molar-refractivity contribution in [2.45, 2.75) is 20.0 Å². The van der Waals surface area contributed by atoms with E-state index in [0.717, 1.165) is 11.3 Å². The number of hydrogen-bond acceptors (Lipinski definition) is 6. The van der Waals surface area contributed by atoms with Crippen molar-refractivity contribution in [3.63, 3.8) is 0 Å². The highest BCUT2D eigenvalue weighted by Gasteiger charge is 2.02. The molecule has 0 spiro atoms. The van der Waals surface area contributed by atoms with E-state index in [1.807, 2.05) is 24.3 Å². The molecule has 1 aromatic heterocycles. The van der Waals surface area contributed by atoms with Crippen LogP contribution in [-0.2, 0) is 20.1 Å². The Kier molecular flexibility index (Phi) is 4.07. The van der Waals surface area contributed by atoms with Crippen LogP contribution in [0.5, 0.6) is 5.75 Å². The van der Waals surface area contributed by atoms with Crippen molar-refractivity contribution in [1.82, 2.24) is 20.2 Å². The Morgan fingerprint density at radius 3 is 2.68 bits per heavy atom. The number of oxime groups is 1. The van der Waals surface area contributed by atoms with Gasteiger partial charge >= 0.3 is 0 Å². The number of tetrazole rings is 1. The van der Waals surface area contributed by atoms with Gasteiger partial charge in [0.05, 0.1) is 12.8 Å². The Labute approximate surface area is 110 Å². The first kappa shape index (κ1) is 13.0. The largest absolute Gasteiger partial charge is 0.485 e. The molecule has 7 nitrogen and oxygen atoms in total. The maximum absolute atomic E-state index is 8.60. The van der Waals surface area contributed by atoms with E-state index < -0.39 is 0 Å². The Hall–Kier alpha value is -2.44. The maximum atomic E-state index is 8.60. The molecule has 0 aliphatic heterocycles. The minimum Gasteiger partial charge on any atom is -0.485 e. The second-order valence-corrected chi connectivity index (χ2v) is 4.14. The topological polar surface area (TPSA) is 85.4 Å². The van der Waals surface area contributed by atoms with Gasteiger partial charge in [0.15, 0.2) is 6.61 Å². The van der Waals surface area contributed by atoms with Crippen molar-refractivity contribution in [2.24, 2.45) is 12.2 Å². The first-order chi connectivity index (χ1) is 9.17. The van der Waals surface area contributed by atoms with Gasteiger partial charge in [-0.15, -0.1) is 10.2 Å². The van der Waals surface area contributed by atoms with Crippen molar-refractivity contribution in [1.29, 1.82) is 0 Å². The van der Waals surface area contributed by atoms with E-state index in [9.17, 15) is 0 Å². The van der Waals surface area contributed by atoms with Crippen LogP contribution < -0.4 is 4.74 Å². The van der Waals surface area contributed by atoms with Crippen LogP contribution in [0.4, 0.5) is 0 Å². The van der Waals surface area contributed by atoms with E-state index in [1.165, 1.54) is 4.80 Å². The average Bonchev–Trinajstić information content (AvgIpc) is 2.83. The average molecular weight is 261 g/mol. The van der Waals surface area contributed by atoms with Gasteiger partial charge in [0.1, 0.15) is 5.75 Å². The van der Waals surface area contributed by atoms with Gasteiger partial charge in [0.25, 0.3) is 0 Å². The molecule has 2 aromatic rings. The number of aryl methyl sites for hydroxylation is 1. The van der Waals surface area contributed by atoms with Crippen molar-refractivity contribution in [3.05, 3.63) is 35.7 Å². The molecular weight excluding hydrogens is 246 g/mol. The molecule has 0 atom stereocenters. The van der Waals surface area contributed by atoms with Crippen LogP contribution in [0.25, 0.3) is 0 Å². The number of rotatable bonds is 5. The first-order valence-corrected chi connectivity index (χ1v) is 5.79. The molecule has 0 unspecified atom stereocenters. The molecule has 0 amide bonds. The normalized spacial score (nSPS) is 11.6. The summed E-state index contributed by atoms with van der Waals surface area (Å²) < 4.78 is 5.53. The lowest BCUT2D eigenvalue weighted by molar-refractivity contribution is 0.295. The van der Waals surface area contributed by atoms with Crippen LogP contribution in [0, 0.1) is 0 Å². The molecule has 0 aliphatic rings. The molecule has 0 aliphatic carbocycles. The second-order valence-electron chi connectivity index (χ2n) is 4.14. The third kappa shape index (κ3) is 3.77. The summed E-state index contributed by atoms with van der Waals surface area (Å²) in [5.41, 5.74) is 1.72. The quantitative estimate of drug-likeness (QED) is 0.496. The zero-order valence-corrected chi connectivity index (χ0v) is 10.8. The lowest BCUT2D eigenvalue weighted by Gasteiger charge is -2.04. The number of nitrogens with zero attached hydrogens (tertiary/aromatic N) is 5. The third-order valence-electron chi connectivity index (χ3n) is 2.47. The minimum absolute atomic E-state index is 0.282. The Morgan fingerprint density at radius 1 is 1.37 bits per heavy atom. The van der Waals surface area contributed by atoms with Crippen LogP contribution in [0.3, 0.4) is 0 Å². The SMILES string of the molecule is C/C(Cc1ccc(OCc2nnn(C)n2)cc1)=N/O. The summed E-state index contributed by atoms with van der Waals surface area (Å²) in [6.45, 7) is 2.05. The predicted molar refractivity (Wildman–Crippen MR) is 68.2 cm³/mol. The minimum atomic E-state index is 0.282. The summed E-state index contributed by atoms with van der Waals surface area (Å²) in [5, 5.41) is 23.3. The molecule has 0 saturated heterocycles. The highest BCUT2D eigenvalue weighted by molar-refractivity contribution is 5.83. The van der Waals surface area contributed by atoms with Crippen LogP contribution >= 0.6 is 0 Å². The third-order valence-corrected chi connectivity index (χ3v) is 2.47. The number of ether oxygens (including phenoxy) is 1. The van der Waals surface area contributed by atoms with Crippen molar-refractivity contribution in [3.8, 4) is 5.75 Å². The monoisotopic (exact) mass is 261 g/mol. The van der Waals surface area contributed by atoms with Crippen molar-refractivity contribution < 1.29 is 9.94 Å². The predicted octanol–water partition coefficient (Wildman–Crippen LogP) is 1.18. The summed E-state index contributed by atoms with van der Waals surface area (Å²) in [6, 6.07) is 7.56. The molecule has 19 heavy (non-hydrogen) atoms. The van der Waals surface area contributed by atoms with Crippen molar-refractivity contribution >= 4 is 5.71 Å². The fourth-order valence-corrected chi connectivity index (χ4v) is 1.56. The van der Waals surface area contributed by atoms with Gasteiger partial charge in [0, 0.05) is 6.42 Å². The van der Waals surface area contributed by atoms with Crippen molar-refractivity contribution in [2.75, 3.05) is 0 Å². The molecule has 0 saturated carbocycles. The molecule has 1 N–H and O–H groups in total. The van der Waals surface area contributed by atoms with Gasteiger partial charge in [0.2, 0.25) is 5.82 Å². The maximum Gasteiger partial charge on any atom is 0.212 e.